The number of nitrogens with zero attached hydrogens (tertiary/aromatic N) is 3. The fraction of sp³-hybridized carbons (Fsp3) is 0.300. The third-order valence-electron chi connectivity index (χ3n) is 2.23. The molecular formula is C10H14N6O. The quantitative estimate of drug-likeness (QED) is 0.689. The van der Waals surface area contributed by atoms with Crippen LogP contribution in [0.3, 0.4) is 0 Å². The second-order valence-electron chi connectivity index (χ2n) is 3.74. The lowest BCUT2D eigenvalue weighted by Gasteiger charge is -2.03. The van der Waals surface area contributed by atoms with Gasteiger partial charge in [-0.15, -0.1) is 0 Å². The summed E-state index contributed by atoms with van der Waals surface area (Å²) in [5.41, 5.74) is 6.86. The Morgan fingerprint density at radius 1 is 1.65 bits per heavy atom. The molecule has 90 valence electrons. The Morgan fingerprint density at radius 3 is 3.06 bits per heavy atom. The predicted octanol–water partition coefficient (Wildman–Crippen LogP) is -0.0732. The van der Waals surface area contributed by atoms with Gasteiger partial charge >= 0.3 is 0 Å². The normalized spacial score (nSPS) is 10.4. The molecule has 0 aromatic carbocycles. The van der Waals surface area contributed by atoms with Crippen LogP contribution in [0, 0.1) is 6.92 Å². The maximum Gasteiger partial charge on any atom is 0.269 e. The average molecular weight is 234 g/mol. The van der Waals surface area contributed by atoms with Crippen LogP contribution >= 0.6 is 0 Å². The molecule has 0 aliphatic carbocycles. The van der Waals surface area contributed by atoms with E-state index >= 15 is 0 Å². The van der Waals surface area contributed by atoms with Crippen molar-refractivity contribution in [2.45, 2.75) is 13.5 Å². The Bertz CT molecular complexity index is 514. The molecule has 4 N–H and O–H groups in total. The number of nitrogens with one attached hydrogen (secondary N) is 2. The summed E-state index contributed by atoms with van der Waals surface area (Å²) in [7, 11) is 0. The number of hydrogen-bond donors (Lipinski definition) is 3. The van der Waals surface area contributed by atoms with Crippen molar-refractivity contribution in [2.24, 2.45) is 0 Å². The molecule has 0 saturated carbocycles. The third kappa shape index (κ3) is 2.83. The van der Waals surface area contributed by atoms with Crippen LogP contribution in [0.25, 0.3) is 0 Å². The van der Waals surface area contributed by atoms with Crippen LogP contribution in [0.4, 0.5) is 5.82 Å². The van der Waals surface area contributed by atoms with Gasteiger partial charge in [-0.1, -0.05) is 0 Å². The van der Waals surface area contributed by atoms with Gasteiger partial charge in [0.15, 0.2) is 0 Å². The SMILES string of the molecule is Cc1cnn(CCNC(=O)c2cc(N)n[nH]2)c1. The van der Waals surface area contributed by atoms with Crippen LogP contribution in [-0.2, 0) is 6.54 Å². The molecule has 1 amide bonds. The molecule has 0 unspecified atom stereocenters. The van der Waals surface area contributed by atoms with E-state index in [0.717, 1.165) is 5.56 Å². The van der Waals surface area contributed by atoms with Gasteiger partial charge in [-0.25, -0.2) is 0 Å². The molecule has 2 aromatic rings. The van der Waals surface area contributed by atoms with E-state index in [0.29, 0.717) is 24.6 Å². The molecule has 0 fully saturated rings. The number of aromatic amines is 1. The second kappa shape index (κ2) is 4.69. The first kappa shape index (κ1) is 11.2. The van der Waals surface area contributed by atoms with Crippen molar-refractivity contribution < 1.29 is 4.79 Å². The Kier molecular flexibility index (Phi) is 3.08. The number of carbonyl (C=O) groups is 1. The van der Waals surface area contributed by atoms with Crippen molar-refractivity contribution >= 4 is 11.7 Å². The van der Waals surface area contributed by atoms with E-state index < -0.39 is 0 Å². The summed E-state index contributed by atoms with van der Waals surface area (Å²) in [5, 5.41) is 13.1. The number of aromatic nitrogens is 4. The van der Waals surface area contributed by atoms with Crippen LogP contribution in [0.5, 0.6) is 0 Å². The van der Waals surface area contributed by atoms with Gasteiger partial charge in [0.05, 0.1) is 12.7 Å². The summed E-state index contributed by atoms with van der Waals surface area (Å²) >= 11 is 0. The first-order chi connectivity index (χ1) is 8.15. The lowest BCUT2D eigenvalue weighted by molar-refractivity contribution is 0.0947. The topological polar surface area (TPSA) is 102 Å². The van der Waals surface area contributed by atoms with Gasteiger partial charge in [-0.3, -0.25) is 14.6 Å². The summed E-state index contributed by atoms with van der Waals surface area (Å²) in [6.45, 7) is 3.09. The lowest BCUT2D eigenvalue weighted by atomic mass is 10.4. The summed E-state index contributed by atoms with van der Waals surface area (Å²) in [6, 6.07) is 1.49. The summed E-state index contributed by atoms with van der Waals surface area (Å²) < 4.78 is 1.77. The lowest BCUT2D eigenvalue weighted by Crippen LogP contribution is -2.27. The van der Waals surface area contributed by atoms with Gasteiger partial charge in [-0.2, -0.15) is 10.2 Å². The van der Waals surface area contributed by atoms with E-state index in [9.17, 15) is 4.79 Å². The zero-order chi connectivity index (χ0) is 12.3. The molecule has 2 heterocycles. The summed E-state index contributed by atoms with van der Waals surface area (Å²) in [6.07, 6.45) is 3.69. The van der Waals surface area contributed by atoms with E-state index in [1.807, 2.05) is 13.1 Å². The minimum atomic E-state index is -0.224. The molecule has 0 spiro atoms. The molecule has 0 aliphatic heterocycles. The van der Waals surface area contributed by atoms with Gasteiger partial charge in [0.25, 0.3) is 5.91 Å². The molecular weight excluding hydrogens is 220 g/mol. The zero-order valence-electron chi connectivity index (χ0n) is 9.47. The number of H-pyrrole nitrogens is 1. The van der Waals surface area contributed by atoms with Gasteiger partial charge in [0.2, 0.25) is 0 Å². The number of carbonyl (C=O) groups excluding carboxylic acids is 1. The average Bonchev–Trinajstić information content (AvgIpc) is 2.88. The van der Waals surface area contributed by atoms with E-state index in [-0.39, 0.29) is 5.91 Å². The number of nitrogens with two attached hydrogens (primary N) is 1. The van der Waals surface area contributed by atoms with Crippen LogP contribution in [0.1, 0.15) is 16.1 Å². The predicted molar refractivity (Wildman–Crippen MR) is 62.3 cm³/mol. The zero-order valence-corrected chi connectivity index (χ0v) is 9.47. The van der Waals surface area contributed by atoms with Gasteiger partial charge in [0, 0.05) is 18.8 Å². The maximum absolute atomic E-state index is 11.6. The number of amides is 1. The van der Waals surface area contributed by atoms with Crippen LogP contribution < -0.4 is 11.1 Å². The highest BCUT2D eigenvalue weighted by atomic mass is 16.1. The molecule has 0 saturated heterocycles. The fourth-order valence-corrected chi connectivity index (χ4v) is 1.42. The van der Waals surface area contributed by atoms with E-state index in [1.54, 1.807) is 10.9 Å². The Balaban J connectivity index is 1.81. The summed E-state index contributed by atoms with van der Waals surface area (Å²) in [4.78, 5) is 11.6. The highest BCUT2D eigenvalue weighted by Gasteiger charge is 2.07. The standard InChI is InChI=1S/C10H14N6O/c1-7-5-13-16(6-7)3-2-12-10(17)8-4-9(11)15-14-8/h4-6H,2-3H2,1H3,(H,12,17)(H3,11,14,15). The fourth-order valence-electron chi connectivity index (χ4n) is 1.42. The Hall–Kier alpha value is -2.31. The number of anilines is 1. The molecule has 0 atom stereocenters. The molecule has 0 radical (unpaired) electrons. The van der Waals surface area contributed by atoms with Crippen molar-refractivity contribution in [1.29, 1.82) is 0 Å². The smallest absolute Gasteiger partial charge is 0.269 e. The van der Waals surface area contributed by atoms with Crippen molar-refractivity contribution in [1.82, 2.24) is 25.3 Å². The van der Waals surface area contributed by atoms with Crippen LogP contribution in [0.2, 0.25) is 0 Å². The second-order valence-corrected chi connectivity index (χ2v) is 3.74. The van der Waals surface area contributed by atoms with Gasteiger partial charge in [0.1, 0.15) is 11.5 Å². The van der Waals surface area contributed by atoms with Crippen molar-refractivity contribution in [3.63, 3.8) is 0 Å². The molecule has 7 nitrogen and oxygen atoms in total. The summed E-state index contributed by atoms with van der Waals surface area (Å²) in [5.74, 6) is 0.0796. The minimum Gasteiger partial charge on any atom is -0.382 e. The largest absolute Gasteiger partial charge is 0.382 e. The van der Waals surface area contributed by atoms with Crippen molar-refractivity contribution in [3.05, 3.63) is 29.7 Å². The Morgan fingerprint density at radius 2 is 2.47 bits per heavy atom. The number of aryl methyl sites for hydroxylation is 1. The first-order valence-electron chi connectivity index (χ1n) is 5.23. The maximum atomic E-state index is 11.6. The number of rotatable bonds is 4. The van der Waals surface area contributed by atoms with Gasteiger partial charge in [-0.05, 0) is 12.5 Å². The Labute approximate surface area is 98.0 Å². The van der Waals surface area contributed by atoms with Crippen LogP contribution in [0.15, 0.2) is 18.5 Å². The molecule has 17 heavy (non-hydrogen) atoms. The third-order valence-corrected chi connectivity index (χ3v) is 2.23. The van der Waals surface area contributed by atoms with Crippen molar-refractivity contribution in [3.8, 4) is 0 Å². The minimum absolute atomic E-state index is 0.224. The van der Waals surface area contributed by atoms with E-state index in [2.05, 4.69) is 20.6 Å². The van der Waals surface area contributed by atoms with Crippen molar-refractivity contribution in [2.75, 3.05) is 12.3 Å². The van der Waals surface area contributed by atoms with Gasteiger partial charge < -0.3 is 11.1 Å². The molecule has 0 bridgehead atoms. The van der Waals surface area contributed by atoms with E-state index in [4.69, 9.17) is 5.73 Å². The van der Waals surface area contributed by atoms with Crippen LogP contribution in [-0.4, -0.2) is 32.4 Å². The van der Waals surface area contributed by atoms with E-state index in [1.165, 1.54) is 6.07 Å². The molecule has 2 rings (SSSR count). The monoisotopic (exact) mass is 234 g/mol. The molecule has 0 aliphatic rings. The number of hydrogen-bond acceptors (Lipinski definition) is 4. The number of nitrogen functional groups attached to an aromatic ring is 1. The first-order valence-corrected chi connectivity index (χ1v) is 5.23. The highest BCUT2D eigenvalue weighted by molar-refractivity contribution is 5.92. The molecule has 2 aromatic heterocycles. The molecule has 7 heteroatoms. The highest BCUT2D eigenvalue weighted by Crippen LogP contribution is 1.99.